The molecule has 0 aromatic carbocycles. The maximum absolute atomic E-state index is 12.7. The summed E-state index contributed by atoms with van der Waals surface area (Å²) in [6.07, 6.45) is 40.4. The van der Waals surface area contributed by atoms with E-state index in [1.165, 1.54) is 154 Å². The van der Waals surface area contributed by atoms with Gasteiger partial charge < -0.3 is 9.84 Å². The fourth-order valence-electron chi connectivity index (χ4n) is 5.56. The topological polar surface area (TPSA) is 46.5 Å². The number of carbonyl (C=O) groups excluding carboxylic acids is 1. The molecule has 2 atom stereocenters. The first-order chi connectivity index (χ1) is 19.7. The summed E-state index contributed by atoms with van der Waals surface area (Å²) in [7, 11) is 0. The molecule has 41 heavy (non-hydrogen) atoms. The average molecular weight is 589 g/mol. The van der Waals surface area contributed by atoms with Crippen molar-refractivity contribution >= 4 is 35.5 Å². The Morgan fingerprint density at radius 3 is 1.20 bits per heavy atom. The summed E-state index contributed by atoms with van der Waals surface area (Å²) in [5.74, 6) is -0.225. The van der Waals surface area contributed by atoms with E-state index < -0.39 is 6.29 Å². The first-order valence-electron chi connectivity index (χ1n) is 18.2. The zero-order chi connectivity index (χ0) is 29.4. The van der Waals surface area contributed by atoms with E-state index in [0.717, 1.165) is 25.7 Å². The number of aliphatic hydroxyl groups is 1. The van der Waals surface area contributed by atoms with Crippen molar-refractivity contribution in [1.29, 1.82) is 0 Å². The van der Waals surface area contributed by atoms with Gasteiger partial charge in [0, 0.05) is 6.42 Å². The molecule has 0 fully saturated rings. The van der Waals surface area contributed by atoms with Crippen LogP contribution < -0.4 is 0 Å². The van der Waals surface area contributed by atoms with Crippen LogP contribution >= 0.6 is 0 Å². The van der Waals surface area contributed by atoms with Gasteiger partial charge in [-0.25, -0.2) is 0 Å². The van der Waals surface area contributed by atoms with Crippen molar-refractivity contribution in [2.24, 2.45) is 5.92 Å². The van der Waals surface area contributed by atoms with Gasteiger partial charge in [0.25, 0.3) is 0 Å². The Labute approximate surface area is 280 Å². The van der Waals surface area contributed by atoms with Gasteiger partial charge in [-0.05, 0) is 38.5 Å². The van der Waals surface area contributed by atoms with Gasteiger partial charge >= 0.3 is 35.5 Å². The second-order valence-electron chi connectivity index (χ2n) is 12.4. The number of hydrogen-bond donors (Lipinski definition) is 1. The van der Waals surface area contributed by atoms with Crippen molar-refractivity contribution in [3.63, 3.8) is 0 Å². The Kier molecular flexibility index (Phi) is 38.4. The molecule has 0 amide bonds. The molecule has 0 radical (unpaired) electrons. The summed E-state index contributed by atoms with van der Waals surface area (Å²) in [5, 5.41) is 9.82. The number of esters is 1. The van der Waals surface area contributed by atoms with Gasteiger partial charge in [-0.3, -0.25) is 4.79 Å². The normalized spacial score (nSPS) is 12.9. The minimum absolute atomic E-state index is 0. The van der Waals surface area contributed by atoms with Crippen molar-refractivity contribution in [3.05, 3.63) is 12.2 Å². The molecule has 0 aromatic heterocycles. The number of unbranched alkanes of at least 4 members (excludes halogenated alkanes) is 23. The Morgan fingerprint density at radius 2 is 0.854 bits per heavy atom. The zero-order valence-electron chi connectivity index (χ0n) is 27.6. The fraction of sp³-hybridized carbons (Fsp3) is 0.919. The summed E-state index contributed by atoms with van der Waals surface area (Å²) in [5.41, 5.74) is 0. The first-order valence-corrected chi connectivity index (χ1v) is 18.2. The van der Waals surface area contributed by atoms with Crippen LogP contribution in [0.5, 0.6) is 0 Å². The summed E-state index contributed by atoms with van der Waals surface area (Å²) in [6, 6.07) is 0. The zero-order valence-corrected chi connectivity index (χ0v) is 27.6. The van der Waals surface area contributed by atoms with E-state index in [1.807, 2.05) is 6.92 Å². The number of aliphatic hydroxyl groups excluding tert-OH is 1. The maximum atomic E-state index is 12.7. The van der Waals surface area contributed by atoms with Gasteiger partial charge in [-0.15, -0.1) is 0 Å². The van der Waals surface area contributed by atoms with Gasteiger partial charge in [0.05, 0.1) is 5.92 Å². The molecule has 0 saturated carbocycles. The summed E-state index contributed by atoms with van der Waals surface area (Å²) < 4.78 is 5.31. The van der Waals surface area contributed by atoms with E-state index in [2.05, 4.69) is 26.0 Å². The average Bonchev–Trinajstić information content (AvgIpc) is 2.96. The molecule has 3 nitrogen and oxygen atoms in total. The third-order valence-electron chi connectivity index (χ3n) is 8.41. The Bertz CT molecular complexity index is 536. The second kappa shape index (κ2) is 36.4. The molecule has 0 spiro atoms. The Morgan fingerprint density at radius 1 is 0.537 bits per heavy atom. The molecule has 2 unspecified atom stereocenters. The van der Waals surface area contributed by atoms with Crippen LogP contribution in [0.1, 0.15) is 207 Å². The molecule has 0 saturated heterocycles. The Hall–Kier alpha value is 0.170. The van der Waals surface area contributed by atoms with Crippen molar-refractivity contribution in [1.82, 2.24) is 0 Å². The summed E-state index contributed by atoms with van der Waals surface area (Å²) in [4.78, 5) is 12.7. The standard InChI is InChI=1S/C37H72O3.Na.H/c1-4-7-9-11-13-15-17-19-21-23-25-27-29-31-33-35(37(39)40-36(38)6-3)34-32-30-28-26-24-22-20-18-16-14-12-10-8-5-2;;/h19,21,35-36,38H,4-18,20,22-34H2,1-3H3;;/b21-19-;;. The SMILES string of the molecule is CCCCCCCC/C=C\CCCCCCC(CCCCCCCCCCCCCCCC)C(=O)OC(O)CC.[NaH]. The number of hydrogen-bond acceptors (Lipinski definition) is 3. The Balaban J connectivity index is 0. The summed E-state index contributed by atoms with van der Waals surface area (Å²) in [6.45, 7) is 6.41. The molecule has 0 rings (SSSR count). The van der Waals surface area contributed by atoms with Gasteiger partial charge in [0.15, 0.2) is 6.29 Å². The second-order valence-corrected chi connectivity index (χ2v) is 12.4. The molecule has 0 bridgehead atoms. The van der Waals surface area contributed by atoms with Gasteiger partial charge in [-0.1, -0.05) is 174 Å². The van der Waals surface area contributed by atoms with Crippen LogP contribution in [0.25, 0.3) is 0 Å². The van der Waals surface area contributed by atoms with Gasteiger partial charge in [0.1, 0.15) is 0 Å². The minimum atomic E-state index is -0.950. The van der Waals surface area contributed by atoms with E-state index in [-0.39, 0.29) is 41.4 Å². The van der Waals surface area contributed by atoms with Crippen LogP contribution in [-0.2, 0) is 9.53 Å². The third-order valence-corrected chi connectivity index (χ3v) is 8.41. The third kappa shape index (κ3) is 32.9. The van der Waals surface area contributed by atoms with E-state index in [1.54, 1.807) is 0 Å². The number of ether oxygens (including phenoxy) is 1. The fourth-order valence-corrected chi connectivity index (χ4v) is 5.56. The molecule has 0 heterocycles. The van der Waals surface area contributed by atoms with Crippen LogP contribution in [-0.4, -0.2) is 46.9 Å². The molecule has 0 aliphatic heterocycles. The summed E-state index contributed by atoms with van der Waals surface area (Å²) >= 11 is 0. The molecule has 1 N–H and O–H groups in total. The molecule has 0 aromatic rings. The molecule has 0 aliphatic carbocycles. The van der Waals surface area contributed by atoms with Crippen LogP contribution in [0.2, 0.25) is 0 Å². The van der Waals surface area contributed by atoms with Crippen molar-refractivity contribution < 1.29 is 14.6 Å². The number of allylic oxidation sites excluding steroid dienone is 2. The van der Waals surface area contributed by atoms with Crippen molar-refractivity contribution in [2.45, 2.75) is 213 Å². The van der Waals surface area contributed by atoms with Crippen molar-refractivity contribution in [3.8, 4) is 0 Å². The van der Waals surface area contributed by atoms with Crippen LogP contribution in [0.15, 0.2) is 12.2 Å². The molecule has 4 heteroatoms. The quantitative estimate of drug-likeness (QED) is 0.0279. The van der Waals surface area contributed by atoms with E-state index in [4.69, 9.17) is 4.74 Å². The molecule has 0 aliphatic rings. The van der Waals surface area contributed by atoms with Crippen LogP contribution in [0.3, 0.4) is 0 Å². The number of carbonyl (C=O) groups is 1. The van der Waals surface area contributed by atoms with E-state index in [0.29, 0.717) is 6.42 Å². The van der Waals surface area contributed by atoms with Crippen LogP contribution in [0, 0.1) is 5.92 Å². The van der Waals surface area contributed by atoms with Gasteiger partial charge in [-0.2, -0.15) is 0 Å². The predicted octanol–water partition coefficient (Wildman–Crippen LogP) is 11.7. The van der Waals surface area contributed by atoms with E-state index in [9.17, 15) is 9.90 Å². The predicted molar refractivity (Wildman–Crippen MR) is 183 cm³/mol. The molecule has 240 valence electrons. The monoisotopic (exact) mass is 589 g/mol. The van der Waals surface area contributed by atoms with Crippen molar-refractivity contribution in [2.75, 3.05) is 0 Å². The first kappa shape index (κ1) is 43.3. The number of rotatable bonds is 32. The molecular formula is C37H73NaO3. The van der Waals surface area contributed by atoms with E-state index >= 15 is 0 Å². The van der Waals surface area contributed by atoms with Gasteiger partial charge in [0.2, 0.25) is 0 Å². The van der Waals surface area contributed by atoms with Crippen LogP contribution in [0.4, 0.5) is 0 Å². The molecular weight excluding hydrogens is 515 g/mol.